The van der Waals surface area contributed by atoms with Gasteiger partial charge < -0.3 is 25.4 Å². The number of benzene rings is 2. The topological polar surface area (TPSA) is 142 Å². The highest BCUT2D eigenvalue weighted by Gasteiger charge is 2.09. The maximum atomic E-state index is 11.4. The molecule has 0 aromatic heterocycles. The van der Waals surface area contributed by atoms with Gasteiger partial charge in [0.05, 0.1) is 11.0 Å². The van der Waals surface area contributed by atoms with Crippen molar-refractivity contribution >= 4 is 10.0 Å². The van der Waals surface area contributed by atoms with Crippen molar-refractivity contribution in [1.82, 2.24) is 5.32 Å². The number of aliphatic hydroxyl groups is 3. The van der Waals surface area contributed by atoms with Crippen LogP contribution in [0.1, 0.15) is 67.6 Å². The minimum absolute atomic E-state index is 0.146. The number of hydrogen-bond acceptors (Lipinski definition) is 7. The summed E-state index contributed by atoms with van der Waals surface area (Å²) in [6.07, 6.45) is 4.90. The van der Waals surface area contributed by atoms with Gasteiger partial charge in [0.1, 0.15) is 0 Å². The largest absolute Gasteiger partial charge is 0.387 e. The Morgan fingerprint density at radius 1 is 0.853 bits per heavy atom. The maximum Gasteiger partial charge on any atom is 0.238 e. The van der Waals surface area contributed by atoms with E-state index in [4.69, 9.17) is 20.1 Å². The summed E-state index contributed by atoms with van der Waals surface area (Å²) in [6.45, 7) is 2.68. The van der Waals surface area contributed by atoms with E-state index in [1.807, 2.05) is 6.07 Å². The monoisotopic (exact) mass is 494 g/mol. The number of sulfonamides is 1. The van der Waals surface area contributed by atoms with E-state index in [1.54, 1.807) is 36.4 Å². The van der Waals surface area contributed by atoms with Crippen LogP contribution in [0, 0.1) is 0 Å². The number of nitrogens with one attached hydrogen (secondary N) is 1. The van der Waals surface area contributed by atoms with Crippen LogP contribution in [-0.4, -0.2) is 50.0 Å². The molecular weight excluding hydrogens is 456 g/mol. The van der Waals surface area contributed by atoms with E-state index in [0.717, 1.165) is 69.2 Å². The van der Waals surface area contributed by atoms with Crippen LogP contribution in [0.25, 0.3) is 0 Å². The van der Waals surface area contributed by atoms with Crippen LogP contribution in [0.2, 0.25) is 0 Å². The number of rotatable bonds is 17. The van der Waals surface area contributed by atoms with Crippen LogP contribution >= 0.6 is 0 Å². The highest BCUT2D eigenvalue weighted by atomic mass is 32.2. The number of aliphatic hydroxyl groups excluding tert-OH is 2. The first-order valence-electron chi connectivity index (χ1n) is 11.8. The normalized spacial score (nSPS) is 12.9. The standard InChI is InChI=1S/C25H38N2O6S/c26-34(31,32)23-10-6-8-20(18-23)9-7-17-33-16-5-3-1-2-4-15-27-19-24(28)21-11-13-22(14-12-21)25(29)30/h6,8,10-14,18,24-25,27-30H,1-5,7,9,15-17,19H2,(H2,26,31,32)/t24-/m0/s1. The molecule has 34 heavy (non-hydrogen) atoms. The second kappa shape index (κ2) is 15.2. The fourth-order valence-electron chi connectivity index (χ4n) is 3.59. The van der Waals surface area contributed by atoms with Crippen molar-refractivity contribution in [2.75, 3.05) is 26.3 Å². The zero-order chi connectivity index (χ0) is 24.8. The average Bonchev–Trinajstić information content (AvgIpc) is 2.81. The average molecular weight is 495 g/mol. The first kappa shape index (κ1) is 28.4. The van der Waals surface area contributed by atoms with Gasteiger partial charge in [-0.15, -0.1) is 0 Å². The van der Waals surface area contributed by atoms with Gasteiger partial charge in [0.15, 0.2) is 6.29 Å². The second-order valence-corrected chi connectivity index (χ2v) is 10.00. The van der Waals surface area contributed by atoms with Crippen LogP contribution in [0.4, 0.5) is 0 Å². The highest BCUT2D eigenvalue weighted by Crippen LogP contribution is 2.16. The summed E-state index contributed by atoms with van der Waals surface area (Å²) in [5, 5.41) is 36.8. The lowest BCUT2D eigenvalue weighted by Gasteiger charge is -2.13. The molecule has 6 N–H and O–H groups in total. The van der Waals surface area contributed by atoms with Crippen molar-refractivity contribution < 1.29 is 28.5 Å². The van der Waals surface area contributed by atoms with Gasteiger partial charge in [0.2, 0.25) is 10.0 Å². The molecule has 0 aliphatic heterocycles. The lowest BCUT2D eigenvalue weighted by atomic mass is 10.1. The van der Waals surface area contributed by atoms with Gasteiger partial charge in [0.25, 0.3) is 0 Å². The van der Waals surface area contributed by atoms with Gasteiger partial charge in [-0.3, -0.25) is 0 Å². The summed E-state index contributed by atoms with van der Waals surface area (Å²) in [6, 6.07) is 13.3. The Bertz CT molecular complexity index is 935. The molecule has 2 aromatic carbocycles. The van der Waals surface area contributed by atoms with E-state index in [-0.39, 0.29) is 4.90 Å². The molecule has 8 nitrogen and oxygen atoms in total. The molecule has 0 aliphatic rings. The maximum absolute atomic E-state index is 11.4. The second-order valence-electron chi connectivity index (χ2n) is 8.44. The van der Waals surface area contributed by atoms with Gasteiger partial charge in [-0.25, -0.2) is 13.6 Å². The Kier molecular flexibility index (Phi) is 12.7. The molecule has 1 atom stereocenters. The lowest BCUT2D eigenvalue weighted by Crippen LogP contribution is -2.22. The van der Waals surface area contributed by atoms with Crippen molar-refractivity contribution in [3.8, 4) is 0 Å². The van der Waals surface area contributed by atoms with Gasteiger partial charge in [-0.05, 0) is 55.5 Å². The van der Waals surface area contributed by atoms with Gasteiger partial charge in [-0.1, -0.05) is 55.7 Å². The molecular formula is C25H38N2O6S. The molecule has 0 bridgehead atoms. The highest BCUT2D eigenvalue weighted by molar-refractivity contribution is 7.89. The number of aryl methyl sites for hydroxylation is 1. The van der Waals surface area contributed by atoms with Crippen LogP contribution in [-0.2, 0) is 21.2 Å². The van der Waals surface area contributed by atoms with Crippen molar-refractivity contribution in [3.05, 3.63) is 65.2 Å². The first-order chi connectivity index (χ1) is 16.3. The smallest absolute Gasteiger partial charge is 0.238 e. The minimum atomic E-state index is -3.66. The number of ether oxygens (including phenoxy) is 1. The third-order valence-corrected chi connectivity index (χ3v) is 6.49. The third-order valence-electron chi connectivity index (χ3n) is 5.58. The molecule has 2 aromatic rings. The summed E-state index contributed by atoms with van der Waals surface area (Å²) in [7, 11) is -3.66. The number of hydrogen-bond donors (Lipinski definition) is 5. The molecule has 0 heterocycles. The van der Waals surface area contributed by atoms with Crippen LogP contribution in [0.15, 0.2) is 53.4 Å². The molecule has 0 radical (unpaired) electrons. The van der Waals surface area contributed by atoms with Crippen LogP contribution in [0.3, 0.4) is 0 Å². The Hall–Kier alpha value is -1.85. The fourth-order valence-corrected chi connectivity index (χ4v) is 4.17. The van der Waals surface area contributed by atoms with Crippen molar-refractivity contribution in [3.63, 3.8) is 0 Å². The summed E-state index contributed by atoms with van der Waals surface area (Å²) >= 11 is 0. The molecule has 0 amide bonds. The van der Waals surface area contributed by atoms with E-state index >= 15 is 0 Å². The molecule has 9 heteroatoms. The Morgan fingerprint density at radius 3 is 2.21 bits per heavy atom. The van der Waals surface area contributed by atoms with Crippen LogP contribution in [0.5, 0.6) is 0 Å². The summed E-state index contributed by atoms with van der Waals surface area (Å²) in [5.41, 5.74) is 2.09. The van der Waals surface area contributed by atoms with Gasteiger partial charge in [-0.2, -0.15) is 0 Å². The zero-order valence-corrected chi connectivity index (χ0v) is 20.4. The Morgan fingerprint density at radius 2 is 1.50 bits per heavy atom. The van der Waals surface area contributed by atoms with E-state index in [9.17, 15) is 13.5 Å². The van der Waals surface area contributed by atoms with E-state index in [0.29, 0.717) is 18.7 Å². The third kappa shape index (κ3) is 11.1. The van der Waals surface area contributed by atoms with E-state index < -0.39 is 22.4 Å². The minimum Gasteiger partial charge on any atom is -0.387 e. The molecule has 0 unspecified atom stereocenters. The van der Waals surface area contributed by atoms with Gasteiger partial charge >= 0.3 is 0 Å². The van der Waals surface area contributed by atoms with Gasteiger partial charge in [0, 0.05) is 25.3 Å². The molecule has 0 saturated heterocycles. The molecule has 0 saturated carbocycles. The van der Waals surface area contributed by atoms with Crippen molar-refractivity contribution in [1.29, 1.82) is 0 Å². The predicted molar refractivity (Wildman–Crippen MR) is 131 cm³/mol. The summed E-state index contributed by atoms with van der Waals surface area (Å²) < 4.78 is 28.5. The Labute approximate surface area is 202 Å². The molecule has 0 spiro atoms. The number of primary sulfonamides is 1. The fraction of sp³-hybridized carbons (Fsp3) is 0.520. The SMILES string of the molecule is NS(=O)(=O)c1cccc(CCCOCCCCCCCNC[C@H](O)c2ccc(C(O)O)cc2)c1. The molecule has 190 valence electrons. The van der Waals surface area contributed by atoms with E-state index in [1.165, 1.54) is 6.07 Å². The quantitative estimate of drug-likeness (QED) is 0.168. The van der Waals surface area contributed by atoms with Crippen molar-refractivity contribution in [2.24, 2.45) is 5.14 Å². The number of unbranched alkanes of at least 4 members (excludes halogenated alkanes) is 4. The lowest BCUT2D eigenvalue weighted by molar-refractivity contribution is -0.0425. The number of nitrogens with two attached hydrogens (primary N) is 1. The first-order valence-corrected chi connectivity index (χ1v) is 13.4. The molecule has 0 fully saturated rings. The molecule has 0 aliphatic carbocycles. The van der Waals surface area contributed by atoms with E-state index in [2.05, 4.69) is 5.32 Å². The molecule has 2 rings (SSSR count). The Balaban J connectivity index is 1.42. The summed E-state index contributed by atoms with van der Waals surface area (Å²) in [4.78, 5) is 0.146. The summed E-state index contributed by atoms with van der Waals surface area (Å²) in [5.74, 6) is 0. The predicted octanol–water partition coefficient (Wildman–Crippen LogP) is 2.54. The van der Waals surface area contributed by atoms with Crippen molar-refractivity contribution in [2.45, 2.75) is 62.2 Å². The van der Waals surface area contributed by atoms with Crippen LogP contribution < -0.4 is 10.5 Å². The zero-order valence-electron chi connectivity index (χ0n) is 19.6.